The van der Waals surface area contributed by atoms with Gasteiger partial charge in [-0.25, -0.2) is 0 Å². The summed E-state index contributed by atoms with van der Waals surface area (Å²) >= 11 is 1.63. The fourth-order valence-electron chi connectivity index (χ4n) is 6.85. The molecular weight excluding hydrogens is 498 g/mol. The van der Waals surface area contributed by atoms with Crippen LogP contribution in [0.15, 0.2) is 48.5 Å². The maximum Gasteiger partial charge on any atom is 0.248 e. The lowest BCUT2D eigenvalue weighted by molar-refractivity contribution is -0.142. The van der Waals surface area contributed by atoms with Gasteiger partial charge in [0.2, 0.25) is 17.7 Å². The Balaban J connectivity index is 1.56. The molecule has 3 aliphatic heterocycles. The van der Waals surface area contributed by atoms with Crippen LogP contribution < -0.4 is 10.6 Å². The SMILES string of the molecule is Cc1ccc(C)c(NC(=O)C2N([C@@H](CO)C(C)C)C(=O)[C@@H]3[C@H](C(=O)Nc4ccccc4)[C@]4(C)CCC23S4)c1. The highest BCUT2D eigenvalue weighted by molar-refractivity contribution is 8.02. The largest absolute Gasteiger partial charge is 0.394 e. The number of benzene rings is 2. The second-order valence-corrected chi connectivity index (χ2v) is 13.5. The molecule has 8 heteroatoms. The lowest BCUT2D eigenvalue weighted by Gasteiger charge is -2.38. The van der Waals surface area contributed by atoms with E-state index in [9.17, 15) is 19.5 Å². The summed E-state index contributed by atoms with van der Waals surface area (Å²) in [5, 5.41) is 16.5. The average Bonchev–Trinajstić information content (AvgIpc) is 3.43. The van der Waals surface area contributed by atoms with Crippen LogP contribution in [0.3, 0.4) is 0 Å². The first kappa shape index (κ1) is 26.8. The number of nitrogens with one attached hydrogen (secondary N) is 2. The zero-order valence-electron chi connectivity index (χ0n) is 22.7. The average molecular weight is 536 g/mol. The number of anilines is 2. The minimum atomic E-state index is -0.791. The smallest absolute Gasteiger partial charge is 0.248 e. The molecule has 7 nitrogen and oxygen atoms in total. The zero-order valence-corrected chi connectivity index (χ0v) is 23.5. The molecular formula is C30H37N3O4S. The Morgan fingerprint density at radius 2 is 1.79 bits per heavy atom. The second-order valence-electron chi connectivity index (χ2n) is 11.6. The molecule has 2 bridgehead atoms. The van der Waals surface area contributed by atoms with Crippen molar-refractivity contribution in [3.63, 3.8) is 0 Å². The van der Waals surface area contributed by atoms with Crippen LogP contribution in [0.25, 0.3) is 0 Å². The van der Waals surface area contributed by atoms with Crippen LogP contribution in [0, 0.1) is 31.6 Å². The third-order valence-electron chi connectivity index (χ3n) is 8.75. The van der Waals surface area contributed by atoms with Crippen molar-refractivity contribution >= 4 is 40.9 Å². The second kappa shape index (κ2) is 9.72. The lowest BCUT2D eigenvalue weighted by Crippen LogP contribution is -2.56. The number of hydrogen-bond donors (Lipinski definition) is 3. The molecule has 3 heterocycles. The molecule has 2 aromatic carbocycles. The number of likely N-dealkylation sites (tertiary alicyclic amines) is 1. The van der Waals surface area contributed by atoms with Crippen LogP contribution in [-0.4, -0.2) is 55.9 Å². The van der Waals surface area contributed by atoms with Gasteiger partial charge in [-0.15, -0.1) is 11.8 Å². The van der Waals surface area contributed by atoms with E-state index in [0.717, 1.165) is 23.2 Å². The summed E-state index contributed by atoms with van der Waals surface area (Å²) < 4.78 is -1.20. The lowest BCUT2D eigenvalue weighted by atomic mass is 9.66. The van der Waals surface area contributed by atoms with E-state index in [1.165, 1.54) is 0 Å². The number of carbonyl (C=O) groups excluding carboxylic acids is 3. The number of amides is 3. The minimum absolute atomic E-state index is 0.0652. The molecule has 3 amide bonds. The van der Waals surface area contributed by atoms with Gasteiger partial charge in [0.1, 0.15) is 6.04 Å². The summed E-state index contributed by atoms with van der Waals surface area (Å²) in [7, 11) is 0. The van der Waals surface area contributed by atoms with E-state index in [2.05, 4.69) is 17.6 Å². The Morgan fingerprint density at radius 1 is 1.08 bits per heavy atom. The van der Waals surface area contributed by atoms with Gasteiger partial charge in [-0.1, -0.05) is 44.2 Å². The van der Waals surface area contributed by atoms with Gasteiger partial charge in [0, 0.05) is 16.1 Å². The predicted octanol–water partition coefficient (Wildman–Crippen LogP) is 4.38. The molecule has 202 valence electrons. The summed E-state index contributed by atoms with van der Waals surface area (Å²) in [4.78, 5) is 43.9. The topological polar surface area (TPSA) is 98.7 Å². The molecule has 0 aliphatic carbocycles. The summed E-state index contributed by atoms with van der Waals surface area (Å²) in [6, 6.07) is 13.9. The number of thioether (sulfide) groups is 1. The normalized spacial score (nSPS) is 30.4. The number of nitrogens with zero attached hydrogens (tertiary/aromatic N) is 1. The molecule has 2 unspecified atom stereocenters. The number of rotatable bonds is 7. The van der Waals surface area contributed by atoms with E-state index < -0.39 is 33.4 Å². The van der Waals surface area contributed by atoms with Crippen molar-refractivity contribution in [3.8, 4) is 0 Å². The fourth-order valence-corrected chi connectivity index (χ4v) is 9.20. The number of aryl methyl sites for hydroxylation is 2. The Morgan fingerprint density at radius 3 is 2.45 bits per heavy atom. The van der Waals surface area contributed by atoms with Crippen LogP contribution in [0.5, 0.6) is 0 Å². The van der Waals surface area contributed by atoms with Crippen molar-refractivity contribution in [2.45, 2.75) is 69.0 Å². The van der Waals surface area contributed by atoms with Gasteiger partial charge in [-0.05, 0) is 68.9 Å². The zero-order chi connectivity index (χ0) is 27.4. The molecule has 6 atom stereocenters. The predicted molar refractivity (Wildman–Crippen MR) is 151 cm³/mol. The number of hydrogen-bond acceptors (Lipinski definition) is 5. The molecule has 2 aromatic rings. The molecule has 0 aromatic heterocycles. The van der Waals surface area contributed by atoms with Crippen LogP contribution in [-0.2, 0) is 14.4 Å². The molecule has 0 radical (unpaired) electrons. The number of carbonyl (C=O) groups is 3. The quantitative estimate of drug-likeness (QED) is 0.489. The molecule has 0 saturated carbocycles. The van der Waals surface area contributed by atoms with E-state index in [1.54, 1.807) is 16.7 Å². The van der Waals surface area contributed by atoms with Crippen molar-refractivity contribution in [2.75, 3.05) is 17.2 Å². The van der Waals surface area contributed by atoms with Gasteiger partial charge in [0.25, 0.3) is 0 Å². The van der Waals surface area contributed by atoms with Gasteiger partial charge < -0.3 is 20.6 Å². The first-order valence-electron chi connectivity index (χ1n) is 13.4. The van der Waals surface area contributed by atoms with E-state index >= 15 is 0 Å². The van der Waals surface area contributed by atoms with Gasteiger partial charge in [0.05, 0.1) is 29.2 Å². The van der Waals surface area contributed by atoms with Crippen molar-refractivity contribution in [1.29, 1.82) is 0 Å². The molecule has 3 saturated heterocycles. The van der Waals surface area contributed by atoms with Gasteiger partial charge in [-0.2, -0.15) is 0 Å². The van der Waals surface area contributed by atoms with Gasteiger partial charge >= 0.3 is 0 Å². The first-order valence-corrected chi connectivity index (χ1v) is 14.2. The van der Waals surface area contributed by atoms with Crippen molar-refractivity contribution in [3.05, 3.63) is 59.7 Å². The first-order chi connectivity index (χ1) is 18.0. The van der Waals surface area contributed by atoms with Crippen molar-refractivity contribution in [1.82, 2.24) is 4.90 Å². The molecule has 3 aliphatic rings. The Kier molecular flexibility index (Phi) is 6.84. The Hall–Kier alpha value is -2.84. The molecule has 3 N–H and O–H groups in total. The van der Waals surface area contributed by atoms with Crippen LogP contribution in [0.4, 0.5) is 11.4 Å². The standard InChI is InChI=1S/C30H37N3O4S/c1-17(2)22(16-34)33-25(27(36)32-21-15-18(3)11-12-19(21)4)30-14-13-29(5,38-30)23(24(30)28(33)37)26(35)31-20-9-7-6-8-10-20/h6-12,15,17,22-25,34H,13-14,16H2,1-5H3,(H,31,35)(H,32,36)/t22-,23+,24-,25?,29-,30?/m0/s1. The summed E-state index contributed by atoms with van der Waals surface area (Å²) in [5.41, 5.74) is 3.37. The number of aliphatic hydroxyl groups is 1. The minimum Gasteiger partial charge on any atom is -0.394 e. The van der Waals surface area contributed by atoms with Crippen molar-refractivity contribution in [2.24, 2.45) is 17.8 Å². The molecule has 5 rings (SSSR count). The van der Waals surface area contributed by atoms with Gasteiger partial charge in [-0.3, -0.25) is 14.4 Å². The maximum absolute atomic E-state index is 14.3. The monoisotopic (exact) mass is 535 g/mol. The van der Waals surface area contributed by atoms with E-state index in [1.807, 2.05) is 76.2 Å². The van der Waals surface area contributed by atoms with E-state index in [-0.39, 0.29) is 30.2 Å². The highest BCUT2D eigenvalue weighted by Gasteiger charge is 2.77. The van der Waals surface area contributed by atoms with Crippen LogP contribution in [0.2, 0.25) is 0 Å². The molecule has 3 fully saturated rings. The number of fused-ring (bicyclic) bond motifs is 1. The van der Waals surface area contributed by atoms with E-state index in [4.69, 9.17) is 0 Å². The van der Waals surface area contributed by atoms with E-state index in [0.29, 0.717) is 12.1 Å². The summed E-state index contributed by atoms with van der Waals surface area (Å²) in [6.07, 6.45) is 1.40. The third-order valence-corrected chi connectivity index (χ3v) is 10.7. The number of aliphatic hydroxyl groups excluding tert-OH is 1. The van der Waals surface area contributed by atoms with Crippen LogP contribution >= 0.6 is 11.8 Å². The summed E-state index contributed by atoms with van der Waals surface area (Å²) in [5.74, 6) is -1.94. The highest BCUT2D eigenvalue weighted by Crippen LogP contribution is 2.71. The maximum atomic E-state index is 14.3. The third kappa shape index (κ3) is 4.13. The highest BCUT2D eigenvalue weighted by atomic mass is 32.2. The fraction of sp³-hybridized carbons (Fsp3) is 0.500. The van der Waals surface area contributed by atoms with Crippen molar-refractivity contribution < 1.29 is 19.5 Å². The van der Waals surface area contributed by atoms with Crippen LogP contribution in [0.1, 0.15) is 44.7 Å². The Bertz CT molecular complexity index is 1270. The summed E-state index contributed by atoms with van der Waals surface area (Å²) in [6.45, 7) is 9.63. The Labute approximate surface area is 228 Å². The van der Waals surface area contributed by atoms with Gasteiger partial charge in [0.15, 0.2) is 0 Å². The molecule has 38 heavy (non-hydrogen) atoms. The number of para-hydroxylation sites is 1. The molecule has 1 spiro atoms.